The fourth-order valence-electron chi connectivity index (χ4n) is 2.39. The van der Waals surface area contributed by atoms with E-state index in [1.807, 2.05) is 49.4 Å². The van der Waals surface area contributed by atoms with Crippen LogP contribution in [0, 0.1) is 6.92 Å². The zero-order chi connectivity index (χ0) is 14.8. The highest BCUT2D eigenvalue weighted by atomic mass is 16.3. The number of aliphatic hydroxyl groups excluding tert-OH is 1. The number of aromatic amines is 1. The van der Waals surface area contributed by atoms with Gasteiger partial charge in [0, 0.05) is 17.1 Å². The molecule has 0 bridgehead atoms. The largest absolute Gasteiger partial charge is 0.494 e. The molecule has 3 rings (SSSR count). The number of benzene rings is 2. The van der Waals surface area contributed by atoms with Crippen LogP contribution in [0.4, 0.5) is 5.69 Å². The van der Waals surface area contributed by atoms with Gasteiger partial charge in [-0.05, 0) is 36.2 Å². The Morgan fingerprint density at radius 3 is 2.62 bits per heavy atom. The van der Waals surface area contributed by atoms with Gasteiger partial charge in [-0.15, -0.1) is 0 Å². The highest BCUT2D eigenvalue weighted by Gasteiger charge is 2.10. The Hall–Kier alpha value is -2.59. The minimum atomic E-state index is 0.0203. The second-order valence-electron chi connectivity index (χ2n) is 4.97. The van der Waals surface area contributed by atoms with E-state index in [4.69, 9.17) is 5.11 Å². The molecule has 0 aliphatic rings. The van der Waals surface area contributed by atoms with E-state index in [0.717, 1.165) is 27.7 Å². The average Bonchev–Trinajstić information content (AvgIpc) is 2.82. The lowest BCUT2D eigenvalue weighted by molar-refractivity contribution is 0.282. The topological polar surface area (TPSA) is 68.6 Å². The number of hydrogen-bond donors (Lipinski definition) is 3. The number of nitrogens with zero attached hydrogens (tertiary/aromatic N) is 1. The maximum atomic E-state index is 10.0. The summed E-state index contributed by atoms with van der Waals surface area (Å²) in [4.78, 5) is 7.34. The van der Waals surface area contributed by atoms with E-state index in [-0.39, 0.29) is 12.5 Å². The van der Waals surface area contributed by atoms with E-state index in [2.05, 4.69) is 9.98 Å². The summed E-state index contributed by atoms with van der Waals surface area (Å²) in [6.07, 6.45) is 1.66. The second-order valence-corrected chi connectivity index (χ2v) is 4.97. The maximum absolute atomic E-state index is 10.0. The number of aromatic hydroxyl groups is 1. The Bertz CT molecular complexity index is 802. The molecular formula is C17H16N2O2. The molecule has 0 unspecified atom stereocenters. The molecule has 0 saturated carbocycles. The lowest BCUT2D eigenvalue weighted by atomic mass is 10.1. The molecule has 3 aromatic rings. The van der Waals surface area contributed by atoms with Gasteiger partial charge in [0.05, 0.1) is 17.9 Å². The number of aliphatic hydroxyl groups is 1. The third-order valence-electron chi connectivity index (χ3n) is 3.51. The van der Waals surface area contributed by atoms with Crippen molar-refractivity contribution in [3.05, 3.63) is 59.2 Å². The van der Waals surface area contributed by atoms with Crippen LogP contribution >= 0.6 is 0 Å². The Labute approximate surface area is 122 Å². The summed E-state index contributed by atoms with van der Waals surface area (Å²) in [6.45, 7) is 2.02. The van der Waals surface area contributed by atoms with Crippen LogP contribution in [-0.2, 0) is 6.61 Å². The highest BCUT2D eigenvalue weighted by molar-refractivity contribution is 6.04. The van der Waals surface area contributed by atoms with Gasteiger partial charge in [0.2, 0.25) is 0 Å². The lowest BCUT2D eigenvalue weighted by Gasteiger charge is -1.98. The molecular weight excluding hydrogens is 264 g/mol. The number of aromatic nitrogens is 1. The van der Waals surface area contributed by atoms with Gasteiger partial charge in [-0.25, -0.2) is 0 Å². The number of rotatable bonds is 3. The Morgan fingerprint density at radius 1 is 1.14 bits per heavy atom. The van der Waals surface area contributed by atoms with Crippen molar-refractivity contribution in [3.8, 4) is 5.88 Å². The van der Waals surface area contributed by atoms with Crippen molar-refractivity contribution in [1.82, 2.24) is 4.98 Å². The molecule has 0 saturated heterocycles. The summed E-state index contributed by atoms with van der Waals surface area (Å²) in [5, 5.41) is 20.0. The number of hydrogen-bond acceptors (Lipinski definition) is 3. The van der Waals surface area contributed by atoms with Gasteiger partial charge in [0.15, 0.2) is 5.88 Å². The third-order valence-corrected chi connectivity index (χ3v) is 3.51. The fraction of sp³-hybridized carbons (Fsp3) is 0.118. The van der Waals surface area contributed by atoms with Gasteiger partial charge in [-0.3, -0.25) is 4.99 Å². The third kappa shape index (κ3) is 2.53. The van der Waals surface area contributed by atoms with Gasteiger partial charge in [-0.1, -0.05) is 24.3 Å². The Kier molecular flexibility index (Phi) is 3.46. The zero-order valence-corrected chi connectivity index (χ0v) is 11.7. The minimum absolute atomic E-state index is 0.0203. The van der Waals surface area contributed by atoms with Crippen LogP contribution in [0.3, 0.4) is 0 Å². The van der Waals surface area contributed by atoms with Gasteiger partial charge in [0.1, 0.15) is 0 Å². The quantitative estimate of drug-likeness (QED) is 0.643. The molecule has 0 aliphatic carbocycles. The number of fused-ring (bicyclic) bond motifs is 1. The fourth-order valence-corrected chi connectivity index (χ4v) is 2.39. The zero-order valence-electron chi connectivity index (χ0n) is 11.7. The van der Waals surface area contributed by atoms with Crippen molar-refractivity contribution >= 4 is 22.8 Å². The van der Waals surface area contributed by atoms with Gasteiger partial charge in [-0.2, -0.15) is 0 Å². The standard InChI is InChI=1S/C17H16N2O2/c1-11-3-2-4-15-16(11)14(17(21)19-15)9-18-13-7-5-12(10-20)6-8-13/h2-9,19-21H,10H2,1H3. The molecule has 0 aliphatic heterocycles. The number of aryl methyl sites for hydroxylation is 1. The first-order valence-electron chi connectivity index (χ1n) is 6.73. The van der Waals surface area contributed by atoms with E-state index in [1.165, 1.54) is 0 Å². The van der Waals surface area contributed by atoms with Gasteiger partial charge in [0.25, 0.3) is 0 Å². The normalized spacial score (nSPS) is 11.5. The van der Waals surface area contributed by atoms with Crippen molar-refractivity contribution < 1.29 is 10.2 Å². The van der Waals surface area contributed by atoms with Crippen LogP contribution in [0.15, 0.2) is 47.5 Å². The Balaban J connectivity index is 2.00. The van der Waals surface area contributed by atoms with E-state index in [1.54, 1.807) is 6.21 Å². The smallest absolute Gasteiger partial charge is 0.198 e. The molecule has 1 heterocycles. The first kappa shape index (κ1) is 13.4. The molecule has 21 heavy (non-hydrogen) atoms. The monoisotopic (exact) mass is 280 g/mol. The van der Waals surface area contributed by atoms with E-state index >= 15 is 0 Å². The SMILES string of the molecule is Cc1cccc2[nH]c(O)c(C=Nc3ccc(CO)cc3)c12. The second kappa shape index (κ2) is 5.42. The van der Waals surface area contributed by atoms with Crippen LogP contribution in [0.25, 0.3) is 10.9 Å². The van der Waals surface area contributed by atoms with Crippen molar-refractivity contribution in [2.45, 2.75) is 13.5 Å². The first-order chi connectivity index (χ1) is 10.2. The number of nitrogens with one attached hydrogen (secondary N) is 1. The van der Waals surface area contributed by atoms with Crippen LogP contribution in [0.2, 0.25) is 0 Å². The molecule has 0 radical (unpaired) electrons. The predicted molar refractivity (Wildman–Crippen MR) is 84.3 cm³/mol. The highest BCUT2D eigenvalue weighted by Crippen LogP contribution is 2.28. The summed E-state index contributed by atoms with van der Waals surface area (Å²) in [6, 6.07) is 13.2. The van der Waals surface area contributed by atoms with Crippen molar-refractivity contribution in [2.75, 3.05) is 0 Å². The van der Waals surface area contributed by atoms with Crippen molar-refractivity contribution in [2.24, 2.45) is 4.99 Å². The van der Waals surface area contributed by atoms with Crippen molar-refractivity contribution in [1.29, 1.82) is 0 Å². The van der Waals surface area contributed by atoms with Crippen molar-refractivity contribution in [3.63, 3.8) is 0 Å². The summed E-state index contributed by atoms with van der Waals surface area (Å²) in [5.74, 6) is 0.120. The molecule has 0 atom stereocenters. The van der Waals surface area contributed by atoms with E-state index < -0.39 is 0 Å². The van der Waals surface area contributed by atoms with E-state index in [9.17, 15) is 5.11 Å². The molecule has 3 N–H and O–H groups in total. The van der Waals surface area contributed by atoms with Gasteiger partial charge >= 0.3 is 0 Å². The lowest BCUT2D eigenvalue weighted by Crippen LogP contribution is -1.83. The summed E-state index contributed by atoms with van der Waals surface area (Å²) in [5.41, 5.74) is 4.29. The van der Waals surface area contributed by atoms with Crippen LogP contribution < -0.4 is 0 Å². The number of aliphatic imine (C=N–C) groups is 1. The van der Waals surface area contributed by atoms with E-state index in [0.29, 0.717) is 5.56 Å². The molecule has 4 nitrogen and oxygen atoms in total. The number of H-pyrrole nitrogens is 1. The molecule has 1 aromatic heterocycles. The summed E-state index contributed by atoms with van der Waals surface area (Å²) in [7, 11) is 0. The molecule has 0 fully saturated rings. The molecule has 0 amide bonds. The molecule has 106 valence electrons. The Morgan fingerprint density at radius 2 is 1.90 bits per heavy atom. The van der Waals surface area contributed by atoms with Gasteiger partial charge < -0.3 is 15.2 Å². The van der Waals surface area contributed by atoms with Crippen LogP contribution in [-0.4, -0.2) is 21.4 Å². The minimum Gasteiger partial charge on any atom is -0.494 e. The molecule has 2 aromatic carbocycles. The summed E-state index contributed by atoms with van der Waals surface area (Å²) < 4.78 is 0. The molecule has 4 heteroatoms. The van der Waals surface area contributed by atoms with Crippen LogP contribution in [0.1, 0.15) is 16.7 Å². The maximum Gasteiger partial charge on any atom is 0.198 e. The average molecular weight is 280 g/mol. The molecule has 0 spiro atoms. The predicted octanol–water partition coefficient (Wildman–Crippen LogP) is 3.42. The summed E-state index contributed by atoms with van der Waals surface area (Å²) >= 11 is 0. The first-order valence-corrected chi connectivity index (χ1v) is 6.73. The van der Waals surface area contributed by atoms with Crippen LogP contribution in [0.5, 0.6) is 5.88 Å².